The highest BCUT2D eigenvalue weighted by molar-refractivity contribution is 7.18. The average molecular weight is 590 g/mol. The van der Waals surface area contributed by atoms with Gasteiger partial charge in [0.05, 0.1) is 10.3 Å². The Morgan fingerprint density at radius 2 is 1.68 bits per heavy atom. The van der Waals surface area contributed by atoms with Crippen LogP contribution in [0.2, 0.25) is 10.0 Å². The first-order valence-electron chi connectivity index (χ1n) is 12.7. The Morgan fingerprint density at radius 3 is 2.30 bits per heavy atom. The molecule has 5 rings (SSSR count). The van der Waals surface area contributed by atoms with Gasteiger partial charge in [-0.1, -0.05) is 65.5 Å². The van der Waals surface area contributed by atoms with Crippen LogP contribution in [0, 0.1) is 12.3 Å². The van der Waals surface area contributed by atoms with Crippen LogP contribution >= 0.6 is 34.5 Å². The first kappa shape index (κ1) is 27.8. The topological polar surface area (TPSA) is 72.6 Å². The zero-order valence-electron chi connectivity index (χ0n) is 21.5. The minimum absolute atomic E-state index is 0.0947. The molecule has 1 aliphatic heterocycles. The number of thiophene rings is 1. The molecule has 0 unspecified atom stereocenters. The number of likely N-dealkylation sites (tertiary alicyclic amines) is 1. The van der Waals surface area contributed by atoms with Crippen molar-refractivity contribution < 1.29 is 14.3 Å². The summed E-state index contributed by atoms with van der Waals surface area (Å²) >= 11 is 14.2. The van der Waals surface area contributed by atoms with Gasteiger partial charge in [-0.05, 0) is 66.4 Å². The number of hydrogen-bond acceptors (Lipinski definition) is 4. The van der Waals surface area contributed by atoms with E-state index in [9.17, 15) is 9.59 Å². The van der Waals surface area contributed by atoms with Crippen LogP contribution in [0.1, 0.15) is 28.1 Å². The van der Waals surface area contributed by atoms with Gasteiger partial charge in [-0.3, -0.25) is 9.59 Å². The average Bonchev–Trinajstić information content (AvgIpc) is 3.41. The number of rotatable bonds is 7. The third-order valence-electron chi connectivity index (χ3n) is 7.31. The Hall–Kier alpha value is -3.76. The van der Waals surface area contributed by atoms with Crippen molar-refractivity contribution in [3.63, 3.8) is 0 Å². The Bertz CT molecular complexity index is 1580. The van der Waals surface area contributed by atoms with Crippen LogP contribution in [0.3, 0.4) is 0 Å². The molecule has 0 atom stereocenters. The molecule has 0 radical (unpaired) electrons. The highest BCUT2D eigenvalue weighted by Crippen LogP contribution is 2.44. The number of amides is 2. The van der Waals surface area contributed by atoms with E-state index in [2.05, 4.69) is 5.92 Å². The fraction of sp³-hybridized carbons (Fsp3) is 0.188. The fourth-order valence-electron chi connectivity index (χ4n) is 5.13. The van der Waals surface area contributed by atoms with Crippen molar-refractivity contribution in [3.05, 3.63) is 99.3 Å². The molecule has 1 saturated heterocycles. The third-order valence-corrected chi connectivity index (χ3v) is 9.03. The number of primary amides is 1. The number of benzene rings is 3. The molecule has 8 heteroatoms. The van der Waals surface area contributed by atoms with Crippen LogP contribution in [0.15, 0.2) is 78.9 Å². The van der Waals surface area contributed by atoms with Gasteiger partial charge in [-0.15, -0.1) is 17.8 Å². The molecule has 1 fully saturated rings. The van der Waals surface area contributed by atoms with Crippen LogP contribution in [0.4, 0.5) is 0 Å². The van der Waals surface area contributed by atoms with Crippen molar-refractivity contribution >= 4 is 46.4 Å². The molecule has 2 N–H and O–H groups in total. The number of nitrogens with zero attached hydrogens (tertiary/aromatic N) is 1. The monoisotopic (exact) mass is 588 g/mol. The molecular weight excluding hydrogens is 563 g/mol. The number of carbonyl (C=O) groups is 2. The Labute approximate surface area is 247 Å². The van der Waals surface area contributed by atoms with Gasteiger partial charge >= 0.3 is 0 Å². The second-order valence-corrected chi connectivity index (χ2v) is 11.5. The van der Waals surface area contributed by atoms with Crippen molar-refractivity contribution in [2.45, 2.75) is 18.3 Å². The maximum atomic E-state index is 13.8. The molecule has 1 aliphatic rings. The zero-order valence-corrected chi connectivity index (χ0v) is 23.9. The van der Waals surface area contributed by atoms with Crippen molar-refractivity contribution in [2.24, 2.45) is 5.73 Å². The summed E-state index contributed by atoms with van der Waals surface area (Å²) < 4.78 is 5.52. The van der Waals surface area contributed by atoms with Crippen molar-refractivity contribution in [3.8, 4) is 39.7 Å². The normalized spacial score (nSPS) is 14.4. The number of piperidine rings is 1. The van der Waals surface area contributed by atoms with Gasteiger partial charge in [0.25, 0.3) is 5.91 Å². The lowest BCUT2D eigenvalue weighted by atomic mass is 9.72. The lowest BCUT2D eigenvalue weighted by Crippen LogP contribution is -2.51. The summed E-state index contributed by atoms with van der Waals surface area (Å²) in [6.07, 6.45) is 6.23. The molecule has 2 amide bonds. The SMILES string of the molecule is C#CCOc1ccc(-c2sc(C(=O)N3CCC(C(N)=O)(c4ccccc4)CC3)cc2-c2ccc(Cl)cc2Cl)cc1. The molecule has 5 nitrogen and oxygen atoms in total. The number of hydrogen-bond donors (Lipinski definition) is 1. The maximum absolute atomic E-state index is 13.8. The van der Waals surface area contributed by atoms with E-state index in [4.69, 9.17) is 40.1 Å². The van der Waals surface area contributed by atoms with Crippen molar-refractivity contribution in [1.29, 1.82) is 0 Å². The summed E-state index contributed by atoms with van der Waals surface area (Å²) in [6, 6.07) is 24.3. The number of carbonyl (C=O) groups excluding carboxylic acids is 2. The van der Waals surface area contributed by atoms with E-state index in [1.165, 1.54) is 11.3 Å². The lowest BCUT2D eigenvalue weighted by molar-refractivity contribution is -0.125. The molecular formula is C32H26Cl2N2O3S. The van der Waals surface area contributed by atoms with Crippen LogP contribution in [-0.2, 0) is 10.2 Å². The van der Waals surface area contributed by atoms with Gasteiger partial charge < -0.3 is 15.4 Å². The largest absolute Gasteiger partial charge is 0.481 e. The van der Waals surface area contributed by atoms with E-state index in [1.807, 2.05) is 66.7 Å². The standard InChI is InChI=1S/C32H26Cl2N2O3S/c1-2-18-39-24-11-8-21(9-12-24)29-26(25-13-10-23(33)19-27(25)34)20-28(40-29)30(37)36-16-14-32(15-17-36,31(35)38)22-6-4-3-5-7-22/h1,3-13,19-20H,14-18H2,(H2,35,38). The molecule has 3 aromatic carbocycles. The van der Waals surface area contributed by atoms with Gasteiger partial charge in [-0.2, -0.15) is 0 Å². The summed E-state index contributed by atoms with van der Waals surface area (Å²) in [5, 5.41) is 1.02. The number of nitrogens with two attached hydrogens (primary N) is 1. The molecule has 0 saturated carbocycles. The molecule has 40 heavy (non-hydrogen) atoms. The molecule has 0 aliphatic carbocycles. The van der Waals surface area contributed by atoms with Crippen molar-refractivity contribution in [1.82, 2.24) is 4.90 Å². The molecule has 0 bridgehead atoms. The summed E-state index contributed by atoms with van der Waals surface area (Å²) in [5.41, 5.74) is 8.52. The third kappa shape index (κ3) is 5.46. The predicted octanol–water partition coefficient (Wildman–Crippen LogP) is 7.06. The van der Waals surface area contributed by atoms with E-state index >= 15 is 0 Å². The predicted molar refractivity (Wildman–Crippen MR) is 162 cm³/mol. The number of halogens is 2. The highest BCUT2D eigenvalue weighted by atomic mass is 35.5. The van der Waals surface area contributed by atoms with Gasteiger partial charge in [0.15, 0.2) is 0 Å². The van der Waals surface area contributed by atoms with E-state index in [-0.39, 0.29) is 18.4 Å². The maximum Gasteiger partial charge on any atom is 0.263 e. The molecule has 0 spiro atoms. The van der Waals surface area contributed by atoms with E-state index in [1.54, 1.807) is 17.0 Å². The van der Waals surface area contributed by atoms with Crippen LogP contribution in [0.25, 0.3) is 21.6 Å². The Balaban J connectivity index is 1.46. The van der Waals surface area contributed by atoms with E-state index < -0.39 is 5.41 Å². The Morgan fingerprint density at radius 1 is 0.975 bits per heavy atom. The van der Waals surface area contributed by atoms with Gasteiger partial charge in [0.1, 0.15) is 12.4 Å². The van der Waals surface area contributed by atoms with Crippen LogP contribution < -0.4 is 10.5 Å². The van der Waals surface area contributed by atoms with Crippen LogP contribution in [0.5, 0.6) is 5.75 Å². The second kappa shape index (κ2) is 11.8. The smallest absolute Gasteiger partial charge is 0.263 e. The van der Waals surface area contributed by atoms with E-state index in [0.29, 0.717) is 46.6 Å². The Kier molecular flexibility index (Phi) is 8.18. The van der Waals surface area contributed by atoms with Crippen LogP contribution in [-0.4, -0.2) is 36.4 Å². The zero-order chi connectivity index (χ0) is 28.3. The molecule has 1 aromatic heterocycles. The van der Waals surface area contributed by atoms with Gasteiger partial charge in [0, 0.05) is 39.1 Å². The summed E-state index contributed by atoms with van der Waals surface area (Å²) in [6.45, 7) is 1.02. The molecule has 2 heterocycles. The lowest BCUT2D eigenvalue weighted by Gasteiger charge is -2.40. The minimum Gasteiger partial charge on any atom is -0.481 e. The number of ether oxygens (including phenoxy) is 1. The first-order valence-corrected chi connectivity index (χ1v) is 14.3. The summed E-state index contributed by atoms with van der Waals surface area (Å²) in [4.78, 5) is 29.7. The quantitative estimate of drug-likeness (QED) is 0.235. The summed E-state index contributed by atoms with van der Waals surface area (Å²) in [7, 11) is 0. The fourth-order valence-corrected chi connectivity index (χ4v) is 6.78. The molecule has 202 valence electrons. The minimum atomic E-state index is -0.788. The highest BCUT2D eigenvalue weighted by Gasteiger charge is 2.42. The van der Waals surface area contributed by atoms with Gasteiger partial charge in [-0.25, -0.2) is 0 Å². The van der Waals surface area contributed by atoms with Gasteiger partial charge in [0.2, 0.25) is 5.91 Å². The first-order chi connectivity index (χ1) is 19.3. The molecule has 4 aromatic rings. The van der Waals surface area contributed by atoms with E-state index in [0.717, 1.165) is 27.1 Å². The number of terminal acetylenes is 1. The summed E-state index contributed by atoms with van der Waals surface area (Å²) in [5.74, 6) is 2.66. The second-order valence-electron chi connectivity index (χ2n) is 9.60. The van der Waals surface area contributed by atoms with Crippen molar-refractivity contribution in [2.75, 3.05) is 19.7 Å².